The van der Waals surface area contributed by atoms with Crippen LogP contribution in [0.1, 0.15) is 21.5 Å². The molecule has 6 heteroatoms. The van der Waals surface area contributed by atoms with Crippen LogP contribution < -0.4 is 4.31 Å². The fraction of sp³-hybridized carbons (Fsp3) is 0.211. The highest BCUT2D eigenvalue weighted by Gasteiger charge is 2.26. The van der Waals surface area contributed by atoms with Crippen LogP contribution in [0.3, 0.4) is 0 Å². The Labute approximate surface area is 147 Å². The molecule has 0 fully saturated rings. The molecule has 2 aromatic carbocycles. The molecular formula is C19H19NO4S. The zero-order valence-corrected chi connectivity index (χ0v) is 14.7. The number of carbonyl (C=O) groups is 1. The maximum Gasteiger partial charge on any atom is 0.338 e. The van der Waals surface area contributed by atoms with E-state index in [-0.39, 0.29) is 6.61 Å². The molecule has 0 saturated carbocycles. The van der Waals surface area contributed by atoms with Crippen molar-refractivity contribution in [3.63, 3.8) is 0 Å². The molecule has 0 unspecified atom stereocenters. The molecule has 2 aromatic rings. The molecule has 0 atom stereocenters. The molecule has 25 heavy (non-hydrogen) atoms. The van der Waals surface area contributed by atoms with E-state index >= 15 is 0 Å². The largest absolute Gasteiger partial charge is 0.458 e. The number of hydrogen-bond acceptors (Lipinski definition) is 4. The third kappa shape index (κ3) is 4.09. The van der Waals surface area contributed by atoms with Gasteiger partial charge in [-0.05, 0) is 41.8 Å². The number of nitrogens with zero attached hydrogens (tertiary/aromatic N) is 1. The second kappa shape index (κ2) is 7.11. The maximum atomic E-state index is 12.1. The second-order valence-corrected chi connectivity index (χ2v) is 7.75. The van der Waals surface area contributed by atoms with Crippen LogP contribution >= 0.6 is 0 Å². The van der Waals surface area contributed by atoms with Crippen LogP contribution in [-0.2, 0) is 21.2 Å². The highest BCUT2D eigenvalue weighted by Crippen LogP contribution is 2.30. The first-order valence-corrected chi connectivity index (χ1v) is 9.79. The number of hydrogen-bond donors (Lipinski definition) is 0. The van der Waals surface area contributed by atoms with E-state index in [9.17, 15) is 13.2 Å². The van der Waals surface area contributed by atoms with Crippen molar-refractivity contribution in [3.8, 4) is 0 Å². The van der Waals surface area contributed by atoms with Crippen molar-refractivity contribution in [1.82, 2.24) is 0 Å². The van der Waals surface area contributed by atoms with E-state index in [2.05, 4.69) is 0 Å². The van der Waals surface area contributed by atoms with Gasteiger partial charge in [0, 0.05) is 6.54 Å². The van der Waals surface area contributed by atoms with Crippen LogP contribution in [0, 0.1) is 0 Å². The van der Waals surface area contributed by atoms with Crippen LogP contribution in [0.5, 0.6) is 0 Å². The van der Waals surface area contributed by atoms with Crippen LogP contribution in [-0.4, -0.2) is 33.8 Å². The van der Waals surface area contributed by atoms with Crippen LogP contribution in [0.25, 0.3) is 6.08 Å². The topological polar surface area (TPSA) is 63.7 Å². The average molecular weight is 357 g/mol. The lowest BCUT2D eigenvalue weighted by Crippen LogP contribution is -2.27. The van der Waals surface area contributed by atoms with Gasteiger partial charge in [-0.25, -0.2) is 13.2 Å². The van der Waals surface area contributed by atoms with Gasteiger partial charge >= 0.3 is 5.97 Å². The molecule has 0 aliphatic carbocycles. The lowest BCUT2D eigenvalue weighted by molar-refractivity contribution is 0.0550. The third-order valence-electron chi connectivity index (χ3n) is 3.99. The fourth-order valence-electron chi connectivity index (χ4n) is 2.80. The molecule has 0 amide bonds. The predicted molar refractivity (Wildman–Crippen MR) is 98.1 cm³/mol. The molecule has 0 N–H and O–H groups in total. The van der Waals surface area contributed by atoms with Crippen LogP contribution in [0.15, 0.2) is 54.6 Å². The molecule has 3 rings (SSSR count). The summed E-state index contributed by atoms with van der Waals surface area (Å²) < 4.78 is 30.1. The van der Waals surface area contributed by atoms with E-state index in [1.807, 2.05) is 36.4 Å². The standard InChI is InChI=1S/C19H19NO4S/c1-25(22,23)20-12-11-16-14-17(9-10-18(16)20)19(21)24-13-5-8-15-6-3-2-4-7-15/h2-10,14H,11-13H2,1H3. The first-order chi connectivity index (χ1) is 11.9. The number of carbonyl (C=O) groups excluding carboxylic acids is 1. The molecular weight excluding hydrogens is 338 g/mol. The fourth-order valence-corrected chi connectivity index (χ4v) is 3.76. The minimum Gasteiger partial charge on any atom is -0.458 e. The van der Waals surface area contributed by atoms with Crippen molar-refractivity contribution >= 4 is 27.8 Å². The van der Waals surface area contributed by atoms with Crippen molar-refractivity contribution in [1.29, 1.82) is 0 Å². The van der Waals surface area contributed by atoms with Gasteiger partial charge < -0.3 is 4.74 Å². The van der Waals surface area contributed by atoms with Crippen molar-refractivity contribution < 1.29 is 17.9 Å². The van der Waals surface area contributed by atoms with E-state index < -0.39 is 16.0 Å². The number of benzene rings is 2. The zero-order chi connectivity index (χ0) is 17.9. The quantitative estimate of drug-likeness (QED) is 0.772. The predicted octanol–water partition coefficient (Wildman–Crippen LogP) is 2.88. The summed E-state index contributed by atoms with van der Waals surface area (Å²) in [4.78, 5) is 12.1. The maximum absolute atomic E-state index is 12.1. The molecule has 0 bridgehead atoms. The van der Waals surface area contributed by atoms with Gasteiger partial charge in [0.15, 0.2) is 0 Å². The highest BCUT2D eigenvalue weighted by atomic mass is 32.2. The summed E-state index contributed by atoms with van der Waals surface area (Å²) in [5.41, 5.74) is 2.96. The lowest BCUT2D eigenvalue weighted by Gasteiger charge is -2.16. The summed E-state index contributed by atoms with van der Waals surface area (Å²) in [5.74, 6) is -0.418. The highest BCUT2D eigenvalue weighted by molar-refractivity contribution is 7.92. The Hall–Kier alpha value is -2.60. The Morgan fingerprint density at radius 2 is 1.96 bits per heavy atom. The van der Waals surface area contributed by atoms with Crippen LogP contribution in [0.4, 0.5) is 5.69 Å². The van der Waals surface area contributed by atoms with Crippen LogP contribution in [0.2, 0.25) is 0 Å². The Kier molecular flexibility index (Phi) is 4.90. The van der Waals surface area contributed by atoms with E-state index in [1.54, 1.807) is 24.3 Å². The first-order valence-electron chi connectivity index (χ1n) is 7.94. The molecule has 1 aliphatic rings. The SMILES string of the molecule is CS(=O)(=O)N1CCc2cc(C(=O)OCC=Cc3ccccc3)ccc21. The van der Waals surface area contributed by atoms with Gasteiger partial charge in [-0.3, -0.25) is 4.31 Å². The Bertz CT molecular complexity index is 904. The number of fused-ring (bicyclic) bond motifs is 1. The second-order valence-electron chi connectivity index (χ2n) is 5.84. The van der Waals surface area contributed by atoms with Gasteiger partial charge in [-0.2, -0.15) is 0 Å². The van der Waals surface area contributed by atoms with Gasteiger partial charge in [0.25, 0.3) is 0 Å². The summed E-state index contributed by atoms with van der Waals surface area (Å²) in [6, 6.07) is 14.7. The number of sulfonamides is 1. The smallest absolute Gasteiger partial charge is 0.338 e. The average Bonchev–Trinajstić information content (AvgIpc) is 3.03. The molecule has 5 nitrogen and oxygen atoms in total. The zero-order valence-electron chi connectivity index (χ0n) is 13.9. The van der Waals surface area contributed by atoms with E-state index in [0.717, 1.165) is 11.1 Å². The normalized spacial score (nSPS) is 13.9. The molecule has 0 radical (unpaired) electrons. The minimum absolute atomic E-state index is 0.181. The van der Waals surface area contributed by atoms with E-state index in [1.165, 1.54) is 10.6 Å². The summed E-state index contributed by atoms with van der Waals surface area (Å²) >= 11 is 0. The first kappa shape index (κ1) is 17.2. The summed E-state index contributed by atoms with van der Waals surface area (Å²) in [5, 5.41) is 0. The summed E-state index contributed by atoms with van der Waals surface area (Å²) in [6.45, 7) is 0.590. The molecule has 1 aliphatic heterocycles. The molecule has 0 saturated heterocycles. The Balaban J connectivity index is 1.63. The van der Waals surface area contributed by atoms with Crippen molar-refractivity contribution in [2.24, 2.45) is 0 Å². The molecule has 1 heterocycles. The van der Waals surface area contributed by atoms with Gasteiger partial charge in [0.1, 0.15) is 6.61 Å². The molecule has 0 aromatic heterocycles. The number of esters is 1. The number of rotatable bonds is 5. The van der Waals surface area contributed by atoms with E-state index in [0.29, 0.717) is 24.2 Å². The third-order valence-corrected chi connectivity index (χ3v) is 5.17. The summed E-state index contributed by atoms with van der Waals surface area (Å²) in [7, 11) is -3.28. The Morgan fingerprint density at radius 3 is 2.68 bits per heavy atom. The van der Waals surface area contributed by atoms with Crippen molar-refractivity contribution in [2.45, 2.75) is 6.42 Å². The summed E-state index contributed by atoms with van der Waals surface area (Å²) in [6.07, 6.45) is 5.45. The minimum atomic E-state index is -3.28. The van der Waals surface area contributed by atoms with Gasteiger partial charge in [0.2, 0.25) is 10.0 Å². The Morgan fingerprint density at radius 1 is 1.20 bits per heavy atom. The van der Waals surface area contributed by atoms with Crippen molar-refractivity contribution in [3.05, 3.63) is 71.3 Å². The molecule has 130 valence electrons. The van der Waals surface area contributed by atoms with Gasteiger partial charge in [-0.15, -0.1) is 0 Å². The molecule has 0 spiro atoms. The monoisotopic (exact) mass is 357 g/mol. The number of ether oxygens (including phenoxy) is 1. The van der Waals surface area contributed by atoms with Crippen molar-refractivity contribution in [2.75, 3.05) is 23.7 Å². The van der Waals surface area contributed by atoms with Gasteiger partial charge in [0.05, 0.1) is 17.5 Å². The lowest BCUT2D eigenvalue weighted by atomic mass is 10.1. The van der Waals surface area contributed by atoms with Gasteiger partial charge in [-0.1, -0.05) is 36.4 Å². The van der Waals surface area contributed by atoms with E-state index in [4.69, 9.17) is 4.74 Å². The number of anilines is 1.